The lowest BCUT2D eigenvalue weighted by Gasteiger charge is -1.96. The Morgan fingerprint density at radius 1 is 1.42 bits per heavy atom. The van der Waals surface area contributed by atoms with E-state index in [4.69, 9.17) is 5.73 Å². The molecule has 2 aromatic rings. The van der Waals surface area contributed by atoms with Crippen LogP contribution in [-0.4, -0.2) is 4.98 Å². The number of H-pyrrole nitrogens is 1. The molecule has 0 aliphatic carbocycles. The standard InChI is InChI=1S/C8H6BrFN2/c9-4-1-2-6-7(8(4)10)5(11)3-12-6/h1-3,12H,11H2. The maximum atomic E-state index is 13.3. The number of hydrogen-bond acceptors (Lipinski definition) is 1. The van der Waals surface area contributed by atoms with Crippen LogP contribution in [0.1, 0.15) is 0 Å². The topological polar surface area (TPSA) is 41.8 Å². The van der Waals surface area contributed by atoms with Crippen LogP contribution in [0, 0.1) is 5.82 Å². The minimum Gasteiger partial charge on any atom is -0.397 e. The van der Waals surface area contributed by atoms with Crippen LogP contribution in [-0.2, 0) is 0 Å². The lowest BCUT2D eigenvalue weighted by Crippen LogP contribution is -1.84. The predicted octanol–water partition coefficient (Wildman–Crippen LogP) is 2.65. The maximum absolute atomic E-state index is 13.3. The first kappa shape index (κ1) is 7.61. The van der Waals surface area contributed by atoms with Crippen LogP contribution in [0.5, 0.6) is 0 Å². The molecule has 1 heterocycles. The molecule has 62 valence electrons. The number of halogens is 2. The van der Waals surface area contributed by atoms with E-state index in [-0.39, 0.29) is 5.82 Å². The smallest absolute Gasteiger partial charge is 0.148 e. The van der Waals surface area contributed by atoms with Gasteiger partial charge in [-0.3, -0.25) is 0 Å². The molecule has 0 spiro atoms. The number of nitrogens with one attached hydrogen (secondary N) is 1. The first-order valence-corrected chi connectivity index (χ1v) is 4.20. The molecule has 1 aromatic heterocycles. The number of benzene rings is 1. The van der Waals surface area contributed by atoms with Gasteiger partial charge in [-0.05, 0) is 28.1 Å². The highest BCUT2D eigenvalue weighted by atomic mass is 79.9. The van der Waals surface area contributed by atoms with Gasteiger partial charge < -0.3 is 10.7 Å². The summed E-state index contributed by atoms with van der Waals surface area (Å²) >= 11 is 3.09. The van der Waals surface area contributed by atoms with Gasteiger partial charge in [0.25, 0.3) is 0 Å². The highest BCUT2D eigenvalue weighted by molar-refractivity contribution is 9.10. The summed E-state index contributed by atoms with van der Waals surface area (Å²) in [6, 6.07) is 3.42. The van der Waals surface area contributed by atoms with Gasteiger partial charge in [0.1, 0.15) is 5.82 Å². The van der Waals surface area contributed by atoms with E-state index in [9.17, 15) is 4.39 Å². The Labute approximate surface area is 76.7 Å². The number of fused-ring (bicyclic) bond motifs is 1. The van der Waals surface area contributed by atoms with Crippen LogP contribution in [0.4, 0.5) is 10.1 Å². The zero-order chi connectivity index (χ0) is 8.72. The molecule has 0 saturated carbocycles. The van der Waals surface area contributed by atoms with Crippen molar-refractivity contribution in [2.45, 2.75) is 0 Å². The molecular formula is C8H6BrFN2. The molecule has 0 unspecified atom stereocenters. The largest absolute Gasteiger partial charge is 0.397 e. The van der Waals surface area contributed by atoms with Crippen LogP contribution in [0.3, 0.4) is 0 Å². The predicted molar refractivity (Wildman–Crippen MR) is 50.4 cm³/mol. The third kappa shape index (κ3) is 0.914. The van der Waals surface area contributed by atoms with Gasteiger partial charge in [-0.1, -0.05) is 0 Å². The van der Waals surface area contributed by atoms with Crippen LogP contribution >= 0.6 is 15.9 Å². The van der Waals surface area contributed by atoms with Crippen molar-refractivity contribution in [3.63, 3.8) is 0 Å². The first-order valence-electron chi connectivity index (χ1n) is 3.40. The van der Waals surface area contributed by atoms with Gasteiger partial charge in [0.05, 0.1) is 21.1 Å². The lowest BCUT2D eigenvalue weighted by atomic mass is 10.2. The van der Waals surface area contributed by atoms with Crippen LogP contribution in [0.2, 0.25) is 0 Å². The van der Waals surface area contributed by atoms with Crippen molar-refractivity contribution < 1.29 is 4.39 Å². The molecule has 3 N–H and O–H groups in total. The average Bonchev–Trinajstić information content (AvgIpc) is 2.41. The van der Waals surface area contributed by atoms with Gasteiger partial charge in [0.2, 0.25) is 0 Å². The molecule has 2 nitrogen and oxygen atoms in total. The molecule has 0 atom stereocenters. The lowest BCUT2D eigenvalue weighted by molar-refractivity contribution is 0.634. The first-order chi connectivity index (χ1) is 5.70. The van der Waals surface area contributed by atoms with Crippen molar-refractivity contribution in [2.75, 3.05) is 5.73 Å². The van der Waals surface area contributed by atoms with E-state index in [0.717, 1.165) is 0 Å². The molecule has 0 aliphatic rings. The van der Waals surface area contributed by atoms with E-state index in [2.05, 4.69) is 20.9 Å². The fraction of sp³-hybridized carbons (Fsp3) is 0. The number of hydrogen-bond donors (Lipinski definition) is 2. The van der Waals surface area contributed by atoms with Crippen molar-refractivity contribution in [1.82, 2.24) is 4.98 Å². The Hall–Kier alpha value is -1.03. The molecule has 0 bridgehead atoms. The van der Waals surface area contributed by atoms with Gasteiger partial charge in [-0.15, -0.1) is 0 Å². The van der Waals surface area contributed by atoms with Crippen LogP contribution < -0.4 is 5.73 Å². The number of nitrogen functional groups attached to an aromatic ring is 1. The summed E-state index contributed by atoms with van der Waals surface area (Å²) < 4.78 is 13.8. The molecule has 0 amide bonds. The summed E-state index contributed by atoms with van der Waals surface area (Å²) in [6.45, 7) is 0. The molecular weight excluding hydrogens is 223 g/mol. The Balaban J connectivity index is 2.96. The van der Waals surface area contributed by atoms with E-state index < -0.39 is 0 Å². The number of aromatic amines is 1. The fourth-order valence-corrected chi connectivity index (χ4v) is 1.51. The highest BCUT2D eigenvalue weighted by Crippen LogP contribution is 2.28. The second-order valence-corrected chi connectivity index (χ2v) is 3.38. The minimum absolute atomic E-state index is 0.314. The van der Waals surface area contributed by atoms with Gasteiger partial charge in [0.15, 0.2) is 0 Å². The summed E-state index contributed by atoms with van der Waals surface area (Å²) in [6.07, 6.45) is 1.58. The van der Waals surface area contributed by atoms with Gasteiger partial charge >= 0.3 is 0 Å². The van der Waals surface area contributed by atoms with Crippen molar-refractivity contribution >= 4 is 32.5 Å². The molecule has 0 aliphatic heterocycles. The van der Waals surface area contributed by atoms with Gasteiger partial charge in [0, 0.05) is 6.20 Å². The van der Waals surface area contributed by atoms with Crippen LogP contribution in [0.15, 0.2) is 22.8 Å². The summed E-state index contributed by atoms with van der Waals surface area (Å²) in [7, 11) is 0. The van der Waals surface area contributed by atoms with E-state index >= 15 is 0 Å². The van der Waals surface area contributed by atoms with Crippen LogP contribution in [0.25, 0.3) is 10.9 Å². The Morgan fingerprint density at radius 3 is 2.92 bits per heavy atom. The monoisotopic (exact) mass is 228 g/mol. The third-order valence-electron chi connectivity index (χ3n) is 1.77. The summed E-state index contributed by atoms with van der Waals surface area (Å²) in [5.74, 6) is -0.314. The summed E-state index contributed by atoms with van der Waals surface area (Å²) in [5.41, 5.74) is 6.70. The number of rotatable bonds is 0. The Morgan fingerprint density at radius 2 is 2.17 bits per heavy atom. The number of nitrogens with two attached hydrogens (primary N) is 1. The minimum atomic E-state index is -0.314. The van der Waals surface area contributed by atoms with E-state index in [1.165, 1.54) is 0 Å². The molecule has 2 rings (SSSR count). The van der Waals surface area contributed by atoms with Gasteiger partial charge in [-0.25, -0.2) is 4.39 Å². The third-order valence-corrected chi connectivity index (χ3v) is 2.38. The zero-order valence-corrected chi connectivity index (χ0v) is 7.65. The van der Waals surface area contributed by atoms with Crippen molar-refractivity contribution in [3.8, 4) is 0 Å². The van der Waals surface area contributed by atoms with E-state index in [0.29, 0.717) is 21.1 Å². The highest BCUT2D eigenvalue weighted by Gasteiger charge is 2.08. The van der Waals surface area contributed by atoms with E-state index in [1.807, 2.05) is 0 Å². The molecule has 0 saturated heterocycles. The molecule has 1 aromatic carbocycles. The quantitative estimate of drug-likeness (QED) is 0.716. The molecule has 0 fully saturated rings. The summed E-state index contributed by atoms with van der Waals surface area (Å²) in [4.78, 5) is 2.87. The number of anilines is 1. The fourth-order valence-electron chi connectivity index (χ4n) is 1.18. The van der Waals surface area contributed by atoms with E-state index in [1.54, 1.807) is 18.3 Å². The zero-order valence-electron chi connectivity index (χ0n) is 6.07. The van der Waals surface area contributed by atoms with Gasteiger partial charge in [-0.2, -0.15) is 0 Å². The van der Waals surface area contributed by atoms with Crippen molar-refractivity contribution in [2.24, 2.45) is 0 Å². The molecule has 12 heavy (non-hydrogen) atoms. The number of aromatic nitrogens is 1. The Bertz CT molecular complexity index is 436. The van der Waals surface area contributed by atoms with Crippen molar-refractivity contribution in [3.05, 3.63) is 28.6 Å². The second kappa shape index (κ2) is 2.48. The SMILES string of the molecule is Nc1c[nH]c2ccc(Br)c(F)c12. The molecule has 4 heteroatoms. The molecule has 0 radical (unpaired) electrons. The summed E-state index contributed by atoms with van der Waals surface area (Å²) in [5, 5.41) is 0.448. The normalized spacial score (nSPS) is 10.8. The second-order valence-electron chi connectivity index (χ2n) is 2.53. The average molecular weight is 229 g/mol. The van der Waals surface area contributed by atoms with Crippen molar-refractivity contribution in [1.29, 1.82) is 0 Å². The maximum Gasteiger partial charge on any atom is 0.148 e. The Kier molecular flexibility index (Phi) is 1.58.